The maximum atomic E-state index is 12.3. The zero-order valence-corrected chi connectivity index (χ0v) is 21.0. The molecule has 0 bridgehead atoms. The molecule has 0 aromatic heterocycles. The van der Waals surface area contributed by atoms with Crippen LogP contribution in [0.25, 0.3) is 0 Å². The van der Waals surface area contributed by atoms with Crippen molar-refractivity contribution in [3.05, 3.63) is 97.9 Å². The maximum Gasteiger partial charge on any atom is 0.338 e. The number of amides is 1. The van der Waals surface area contributed by atoms with Gasteiger partial charge in [0.05, 0.1) is 14.5 Å². The molecule has 166 valence electrons. The third-order valence-corrected chi connectivity index (χ3v) is 5.91. The predicted molar refractivity (Wildman–Crippen MR) is 131 cm³/mol. The lowest BCUT2D eigenvalue weighted by Crippen LogP contribution is -2.30. The van der Waals surface area contributed by atoms with E-state index >= 15 is 0 Å². The van der Waals surface area contributed by atoms with Gasteiger partial charge in [0.15, 0.2) is 6.61 Å². The Labute approximate surface area is 204 Å². The van der Waals surface area contributed by atoms with Gasteiger partial charge < -0.3 is 14.4 Å². The second-order valence-corrected chi connectivity index (χ2v) is 9.06. The molecule has 0 atom stereocenters. The standard InChI is InChI=1S/C25H23Br2NO4/c1-17-12-21(26)24(22(27)13-17)31-15-19-8-10-20(11-9-19)25(30)32-16-23(29)28(2)14-18-6-4-3-5-7-18/h3-13H,14-16H2,1-2H3. The van der Waals surface area contributed by atoms with Gasteiger partial charge in [0.2, 0.25) is 0 Å². The van der Waals surface area contributed by atoms with Gasteiger partial charge in [0.1, 0.15) is 12.4 Å². The van der Waals surface area contributed by atoms with Crippen molar-refractivity contribution in [3.8, 4) is 5.75 Å². The average molecular weight is 561 g/mol. The summed E-state index contributed by atoms with van der Waals surface area (Å²) in [5, 5.41) is 0. The minimum absolute atomic E-state index is 0.263. The zero-order chi connectivity index (χ0) is 23.1. The highest BCUT2D eigenvalue weighted by Crippen LogP contribution is 2.35. The summed E-state index contributed by atoms with van der Waals surface area (Å²) in [5.74, 6) is -0.0818. The highest BCUT2D eigenvalue weighted by molar-refractivity contribution is 9.11. The van der Waals surface area contributed by atoms with Gasteiger partial charge in [0, 0.05) is 13.6 Å². The smallest absolute Gasteiger partial charge is 0.338 e. The number of ether oxygens (including phenoxy) is 2. The van der Waals surface area contributed by atoms with E-state index in [1.165, 1.54) is 4.90 Å². The van der Waals surface area contributed by atoms with Crippen molar-refractivity contribution in [1.82, 2.24) is 4.90 Å². The number of aryl methyl sites for hydroxylation is 1. The second-order valence-electron chi connectivity index (χ2n) is 7.35. The predicted octanol–water partition coefficient (Wildman–Crippen LogP) is 5.91. The second kappa shape index (κ2) is 11.3. The molecule has 32 heavy (non-hydrogen) atoms. The number of esters is 1. The summed E-state index contributed by atoms with van der Waals surface area (Å²) in [4.78, 5) is 26.1. The first-order chi connectivity index (χ1) is 15.3. The van der Waals surface area contributed by atoms with Crippen molar-refractivity contribution in [1.29, 1.82) is 0 Å². The van der Waals surface area contributed by atoms with Gasteiger partial charge in [-0.1, -0.05) is 42.5 Å². The van der Waals surface area contributed by atoms with Gasteiger partial charge in [-0.05, 0) is 79.7 Å². The Morgan fingerprint density at radius 1 is 0.906 bits per heavy atom. The van der Waals surface area contributed by atoms with Crippen LogP contribution < -0.4 is 4.74 Å². The quantitative estimate of drug-likeness (QED) is 0.321. The lowest BCUT2D eigenvalue weighted by Gasteiger charge is -2.17. The number of benzene rings is 3. The molecule has 0 saturated carbocycles. The monoisotopic (exact) mass is 559 g/mol. The van der Waals surface area contributed by atoms with Gasteiger partial charge in [-0.3, -0.25) is 4.79 Å². The number of carbonyl (C=O) groups is 2. The third-order valence-electron chi connectivity index (χ3n) is 4.73. The minimum Gasteiger partial charge on any atom is -0.487 e. The van der Waals surface area contributed by atoms with E-state index in [1.807, 2.05) is 49.4 Å². The molecule has 0 aliphatic carbocycles. The molecule has 1 amide bonds. The summed E-state index contributed by atoms with van der Waals surface area (Å²) in [6.07, 6.45) is 0. The van der Waals surface area contributed by atoms with Crippen LogP contribution in [-0.4, -0.2) is 30.4 Å². The Morgan fingerprint density at radius 2 is 1.53 bits per heavy atom. The lowest BCUT2D eigenvalue weighted by molar-refractivity contribution is -0.133. The molecule has 0 saturated heterocycles. The normalized spacial score (nSPS) is 10.5. The van der Waals surface area contributed by atoms with Gasteiger partial charge in [0.25, 0.3) is 5.91 Å². The molecule has 7 heteroatoms. The number of rotatable bonds is 8. The van der Waals surface area contributed by atoms with Gasteiger partial charge in [-0.25, -0.2) is 4.79 Å². The largest absolute Gasteiger partial charge is 0.487 e. The van der Waals surface area contributed by atoms with Crippen LogP contribution >= 0.6 is 31.9 Å². The van der Waals surface area contributed by atoms with E-state index in [-0.39, 0.29) is 12.5 Å². The van der Waals surface area contributed by atoms with Crippen molar-refractivity contribution >= 4 is 43.7 Å². The Morgan fingerprint density at radius 3 is 2.16 bits per heavy atom. The van der Waals surface area contributed by atoms with Crippen LogP contribution in [0.15, 0.2) is 75.7 Å². The first kappa shape index (κ1) is 24.0. The topological polar surface area (TPSA) is 55.8 Å². The van der Waals surface area contributed by atoms with Gasteiger partial charge in [-0.15, -0.1) is 0 Å². The molecule has 0 spiro atoms. The number of carbonyl (C=O) groups excluding carboxylic acids is 2. The van der Waals surface area contributed by atoms with Crippen LogP contribution in [-0.2, 0) is 22.7 Å². The number of halogens is 2. The number of likely N-dealkylation sites (N-methyl/N-ethyl adjacent to an activating group) is 1. The van der Waals surface area contributed by atoms with Crippen molar-refractivity contribution in [3.63, 3.8) is 0 Å². The van der Waals surface area contributed by atoms with Crippen molar-refractivity contribution in [2.24, 2.45) is 0 Å². The summed E-state index contributed by atoms with van der Waals surface area (Å²) >= 11 is 7.02. The van der Waals surface area contributed by atoms with E-state index in [0.717, 1.165) is 31.4 Å². The Bertz CT molecular complexity index is 1060. The average Bonchev–Trinajstić information content (AvgIpc) is 2.77. The fraction of sp³-hybridized carbons (Fsp3) is 0.200. The summed E-state index contributed by atoms with van der Waals surface area (Å²) in [5.41, 5.74) is 3.41. The molecule has 0 aliphatic rings. The molecule has 3 rings (SSSR count). The number of nitrogens with zero attached hydrogens (tertiary/aromatic N) is 1. The molecule has 3 aromatic rings. The van der Waals surface area contributed by atoms with E-state index in [1.54, 1.807) is 31.3 Å². The molecular weight excluding hydrogens is 538 g/mol. The molecule has 3 aromatic carbocycles. The van der Waals surface area contributed by atoms with Crippen molar-refractivity contribution in [2.45, 2.75) is 20.1 Å². The number of hydrogen-bond donors (Lipinski definition) is 0. The molecule has 0 aliphatic heterocycles. The molecule has 0 radical (unpaired) electrons. The van der Waals surface area contributed by atoms with Crippen LogP contribution in [0.3, 0.4) is 0 Å². The minimum atomic E-state index is -0.539. The summed E-state index contributed by atoms with van der Waals surface area (Å²) in [6.45, 7) is 2.51. The third kappa shape index (κ3) is 6.68. The fourth-order valence-electron chi connectivity index (χ4n) is 2.98. The summed E-state index contributed by atoms with van der Waals surface area (Å²) in [6, 6.07) is 20.5. The lowest BCUT2D eigenvalue weighted by atomic mass is 10.1. The zero-order valence-electron chi connectivity index (χ0n) is 17.8. The summed E-state index contributed by atoms with van der Waals surface area (Å²) < 4.78 is 12.8. The van der Waals surface area contributed by atoms with Gasteiger partial charge in [-0.2, -0.15) is 0 Å². The molecule has 0 unspecified atom stereocenters. The van der Waals surface area contributed by atoms with E-state index in [0.29, 0.717) is 18.7 Å². The molecule has 0 fully saturated rings. The Kier molecular flexibility index (Phi) is 8.47. The fourth-order valence-corrected chi connectivity index (χ4v) is 4.63. The van der Waals surface area contributed by atoms with Crippen LogP contribution in [0.1, 0.15) is 27.0 Å². The van der Waals surface area contributed by atoms with Crippen LogP contribution in [0.2, 0.25) is 0 Å². The Balaban J connectivity index is 1.50. The van der Waals surface area contributed by atoms with E-state index in [2.05, 4.69) is 31.9 Å². The molecule has 0 heterocycles. The summed E-state index contributed by atoms with van der Waals surface area (Å²) in [7, 11) is 1.68. The van der Waals surface area contributed by atoms with Crippen LogP contribution in [0.5, 0.6) is 5.75 Å². The van der Waals surface area contributed by atoms with E-state index in [9.17, 15) is 9.59 Å². The van der Waals surface area contributed by atoms with Gasteiger partial charge >= 0.3 is 5.97 Å². The van der Waals surface area contributed by atoms with E-state index in [4.69, 9.17) is 9.47 Å². The first-order valence-corrected chi connectivity index (χ1v) is 11.5. The number of hydrogen-bond acceptors (Lipinski definition) is 4. The van der Waals surface area contributed by atoms with Crippen molar-refractivity contribution in [2.75, 3.05) is 13.7 Å². The molecule has 0 N–H and O–H groups in total. The highest BCUT2D eigenvalue weighted by Gasteiger charge is 2.14. The molecule has 5 nitrogen and oxygen atoms in total. The van der Waals surface area contributed by atoms with Crippen molar-refractivity contribution < 1.29 is 19.1 Å². The van der Waals surface area contributed by atoms with E-state index < -0.39 is 5.97 Å². The SMILES string of the molecule is Cc1cc(Br)c(OCc2ccc(C(=O)OCC(=O)N(C)Cc3ccccc3)cc2)c(Br)c1. The maximum absolute atomic E-state index is 12.3. The van der Waals surface area contributed by atoms with Crippen LogP contribution in [0, 0.1) is 6.92 Å². The molecular formula is C25H23Br2NO4. The Hall–Kier alpha value is -2.64. The van der Waals surface area contributed by atoms with Crippen LogP contribution in [0.4, 0.5) is 0 Å². The first-order valence-electron chi connectivity index (χ1n) is 9.96. The highest BCUT2D eigenvalue weighted by atomic mass is 79.9.